The number of fused-ring (bicyclic) bond motifs is 6. The Hall–Kier alpha value is -1.57. The van der Waals surface area contributed by atoms with Crippen LogP contribution in [0, 0.1) is 0 Å². The van der Waals surface area contributed by atoms with Gasteiger partial charge in [-0.25, -0.2) is 13.2 Å². The van der Waals surface area contributed by atoms with E-state index in [4.69, 9.17) is 19.8 Å². The van der Waals surface area contributed by atoms with Crippen LogP contribution in [-0.4, -0.2) is 26.0 Å². The topological polar surface area (TPSA) is 85.6 Å². The van der Waals surface area contributed by atoms with Gasteiger partial charge in [0, 0.05) is 40.1 Å². The van der Waals surface area contributed by atoms with Gasteiger partial charge in [-0.15, -0.1) is 0 Å². The molecule has 26 heavy (non-hydrogen) atoms. The summed E-state index contributed by atoms with van der Waals surface area (Å²) in [6.07, 6.45) is 2.65. The van der Waals surface area contributed by atoms with Crippen LogP contribution in [0.2, 0.25) is 0 Å². The van der Waals surface area contributed by atoms with Crippen molar-refractivity contribution in [2.24, 2.45) is 0 Å². The maximum atomic E-state index is 12.9. The normalized spacial score (nSPS) is 22.5. The predicted octanol–water partition coefficient (Wildman–Crippen LogP) is 3.66. The fraction of sp³-hybridized carbons (Fsp3) is 0.500. The van der Waals surface area contributed by atoms with E-state index >= 15 is 0 Å². The zero-order valence-electron chi connectivity index (χ0n) is 14.8. The van der Waals surface area contributed by atoms with Gasteiger partial charge in [0.2, 0.25) is 0 Å². The highest BCUT2D eigenvalue weighted by molar-refractivity contribution is 8.13. The molecule has 1 fully saturated rings. The van der Waals surface area contributed by atoms with Crippen LogP contribution in [0.4, 0.5) is 0 Å². The van der Waals surface area contributed by atoms with Gasteiger partial charge in [0.25, 0.3) is 9.05 Å². The summed E-state index contributed by atoms with van der Waals surface area (Å²) < 4.78 is 35.7. The first kappa shape index (κ1) is 17.8. The fourth-order valence-electron chi connectivity index (χ4n) is 3.93. The number of ether oxygens (including phenoxy) is 1. The maximum Gasteiger partial charge on any atom is 0.340 e. The Bertz CT molecular complexity index is 1020. The van der Waals surface area contributed by atoms with E-state index in [1.54, 1.807) is 26.8 Å². The molecule has 0 saturated carbocycles. The zero-order chi connectivity index (χ0) is 18.9. The average molecular weight is 398 g/mol. The summed E-state index contributed by atoms with van der Waals surface area (Å²) in [7, 11) is 1.49. The summed E-state index contributed by atoms with van der Waals surface area (Å²) in [5.41, 5.74) is 0.531. The number of rotatable bonds is 2. The van der Waals surface area contributed by atoms with Crippen LogP contribution in [0.3, 0.4) is 0 Å². The highest BCUT2D eigenvalue weighted by Crippen LogP contribution is 2.44. The maximum absolute atomic E-state index is 12.9. The van der Waals surface area contributed by atoms with E-state index in [0.717, 1.165) is 30.6 Å². The molecule has 2 bridgehead atoms. The molecule has 0 amide bonds. The van der Waals surface area contributed by atoms with Crippen LogP contribution in [-0.2, 0) is 20.2 Å². The van der Waals surface area contributed by atoms with Crippen LogP contribution < -0.4 is 5.32 Å². The van der Waals surface area contributed by atoms with Gasteiger partial charge < -0.3 is 14.5 Å². The molecule has 2 aromatic rings. The van der Waals surface area contributed by atoms with Gasteiger partial charge in [-0.3, -0.25) is 0 Å². The molecule has 2 unspecified atom stereocenters. The van der Waals surface area contributed by atoms with E-state index in [0.29, 0.717) is 17.0 Å². The summed E-state index contributed by atoms with van der Waals surface area (Å²) in [5, 5.41) is 4.00. The lowest BCUT2D eigenvalue weighted by atomic mass is 9.96. The third kappa shape index (κ3) is 2.92. The number of esters is 1. The summed E-state index contributed by atoms with van der Waals surface area (Å²) in [4.78, 5) is 12.7. The van der Waals surface area contributed by atoms with E-state index in [2.05, 4.69) is 5.32 Å². The van der Waals surface area contributed by atoms with Gasteiger partial charge in [-0.1, -0.05) is 0 Å². The molecule has 140 valence electrons. The molecular weight excluding hydrogens is 378 g/mol. The van der Waals surface area contributed by atoms with Gasteiger partial charge in [0.1, 0.15) is 16.9 Å². The van der Waals surface area contributed by atoms with Crippen molar-refractivity contribution < 1.29 is 22.4 Å². The second kappa shape index (κ2) is 5.71. The molecule has 4 rings (SSSR count). The first-order chi connectivity index (χ1) is 12.0. The minimum absolute atomic E-state index is 0.0374. The fourth-order valence-corrected chi connectivity index (χ4v) is 4.98. The third-order valence-electron chi connectivity index (χ3n) is 4.82. The molecule has 1 aromatic heterocycles. The monoisotopic (exact) mass is 397 g/mol. The number of hydrogen-bond acceptors (Lipinski definition) is 6. The lowest BCUT2D eigenvalue weighted by Crippen LogP contribution is -2.31. The van der Waals surface area contributed by atoms with Crippen molar-refractivity contribution in [2.45, 2.75) is 62.6 Å². The quantitative estimate of drug-likeness (QED) is 0.614. The van der Waals surface area contributed by atoms with E-state index in [1.807, 2.05) is 0 Å². The third-order valence-corrected chi connectivity index (χ3v) is 6.18. The van der Waals surface area contributed by atoms with Crippen molar-refractivity contribution in [3.63, 3.8) is 0 Å². The number of hydrogen-bond donors (Lipinski definition) is 1. The lowest BCUT2D eigenvalue weighted by Gasteiger charge is -2.22. The second-order valence-corrected chi connectivity index (χ2v) is 10.4. The zero-order valence-corrected chi connectivity index (χ0v) is 16.3. The van der Waals surface area contributed by atoms with Crippen LogP contribution in [0.5, 0.6) is 0 Å². The van der Waals surface area contributed by atoms with E-state index in [9.17, 15) is 13.2 Å². The minimum Gasteiger partial charge on any atom is -0.461 e. The van der Waals surface area contributed by atoms with Gasteiger partial charge in [0.15, 0.2) is 0 Å². The minimum atomic E-state index is -4.13. The van der Waals surface area contributed by atoms with Crippen molar-refractivity contribution in [3.8, 4) is 0 Å². The molecule has 2 aliphatic heterocycles. The molecule has 0 radical (unpaired) electrons. The number of benzene rings is 1. The Morgan fingerprint density at radius 1 is 1.31 bits per heavy atom. The van der Waals surface area contributed by atoms with Crippen LogP contribution in [0.25, 0.3) is 11.0 Å². The summed E-state index contributed by atoms with van der Waals surface area (Å²) in [6, 6.07) is 3.27. The number of nitrogens with one attached hydrogen (secondary N) is 1. The molecule has 1 aromatic carbocycles. The van der Waals surface area contributed by atoms with Gasteiger partial charge in [-0.05, 0) is 45.7 Å². The number of carbonyl (C=O) groups is 1. The first-order valence-corrected chi connectivity index (χ1v) is 10.9. The standard InChI is InChI=1S/C18H20ClNO5S/c1-18(2,3)25-17(21)16-13(26(19,22)23)7-6-11-15(16)14-10-5-4-9(20-10)8-12(14)24-11/h6-7,9-10,20H,4-5,8H2,1-3H3. The molecular formula is C18H20ClNO5S. The Balaban J connectivity index is 2.02. The van der Waals surface area contributed by atoms with Gasteiger partial charge in [-0.2, -0.15) is 0 Å². The second-order valence-electron chi connectivity index (χ2n) is 7.89. The van der Waals surface area contributed by atoms with E-state index in [1.165, 1.54) is 6.07 Å². The summed E-state index contributed by atoms with van der Waals surface area (Å²) >= 11 is 0. The van der Waals surface area contributed by atoms with Crippen LogP contribution >= 0.6 is 10.7 Å². The Labute approximate surface area is 156 Å². The van der Waals surface area contributed by atoms with Crippen molar-refractivity contribution in [1.82, 2.24) is 5.32 Å². The van der Waals surface area contributed by atoms with E-state index < -0.39 is 20.6 Å². The Kier molecular flexibility index (Phi) is 3.92. The molecule has 0 spiro atoms. The van der Waals surface area contributed by atoms with Gasteiger partial charge in [0.05, 0.1) is 10.5 Å². The summed E-state index contributed by atoms with van der Waals surface area (Å²) in [6.45, 7) is 5.19. The molecule has 8 heteroatoms. The van der Waals surface area contributed by atoms with E-state index in [-0.39, 0.29) is 16.5 Å². The molecule has 2 aliphatic rings. The number of furan rings is 1. The Morgan fingerprint density at radius 3 is 2.69 bits per heavy atom. The highest BCUT2D eigenvalue weighted by Gasteiger charge is 2.39. The molecule has 3 heterocycles. The number of carbonyl (C=O) groups excluding carboxylic acids is 1. The summed E-state index contributed by atoms with van der Waals surface area (Å²) in [5.74, 6) is 0.0891. The Morgan fingerprint density at radius 2 is 2.04 bits per heavy atom. The molecule has 1 saturated heterocycles. The molecule has 6 nitrogen and oxygen atoms in total. The number of halogens is 1. The predicted molar refractivity (Wildman–Crippen MR) is 97.0 cm³/mol. The molecule has 0 aliphatic carbocycles. The van der Waals surface area contributed by atoms with Crippen molar-refractivity contribution in [3.05, 3.63) is 29.0 Å². The SMILES string of the molecule is CC(C)(C)OC(=O)c1c(S(=O)(=O)Cl)ccc2oc3c(c12)C1CCC(C3)N1. The van der Waals surface area contributed by atoms with Crippen molar-refractivity contribution in [1.29, 1.82) is 0 Å². The smallest absolute Gasteiger partial charge is 0.340 e. The molecule has 1 N–H and O–H groups in total. The van der Waals surface area contributed by atoms with Crippen molar-refractivity contribution in [2.75, 3.05) is 0 Å². The lowest BCUT2D eigenvalue weighted by molar-refractivity contribution is 0.00675. The van der Waals surface area contributed by atoms with Gasteiger partial charge >= 0.3 is 5.97 Å². The molecule has 2 atom stereocenters. The highest BCUT2D eigenvalue weighted by atomic mass is 35.7. The first-order valence-electron chi connectivity index (χ1n) is 8.57. The average Bonchev–Trinajstić information content (AvgIpc) is 3.05. The van der Waals surface area contributed by atoms with Crippen molar-refractivity contribution >= 4 is 36.7 Å². The van der Waals surface area contributed by atoms with Crippen LogP contribution in [0.1, 0.15) is 61.3 Å². The largest absolute Gasteiger partial charge is 0.461 e. The van der Waals surface area contributed by atoms with Crippen LogP contribution in [0.15, 0.2) is 21.4 Å².